The molecule has 2 nitrogen and oxygen atoms in total. The molecule has 0 spiro atoms. The van der Waals surface area contributed by atoms with E-state index in [1.54, 1.807) is 19.2 Å². The molecule has 0 saturated heterocycles. The van der Waals surface area contributed by atoms with Crippen LogP contribution in [0.3, 0.4) is 0 Å². The van der Waals surface area contributed by atoms with Crippen LogP contribution in [0.2, 0.25) is 0 Å². The molecule has 74 valence electrons. The van der Waals surface area contributed by atoms with Gasteiger partial charge in [-0.15, -0.1) is 0 Å². The Bertz CT molecular complexity index is 449. The van der Waals surface area contributed by atoms with E-state index >= 15 is 0 Å². The summed E-state index contributed by atoms with van der Waals surface area (Å²) in [6, 6.07) is 5.41. The lowest BCUT2D eigenvalue weighted by atomic mass is 10.0. The molecule has 0 aliphatic rings. The van der Waals surface area contributed by atoms with Gasteiger partial charge in [-0.3, -0.25) is 0 Å². The minimum atomic E-state index is -0.256. The number of hydrogen-bond donors (Lipinski definition) is 2. The molecule has 1 heterocycles. The maximum atomic E-state index is 13.8. The summed E-state index contributed by atoms with van der Waals surface area (Å²) in [6.07, 6.45) is 1.71. The van der Waals surface area contributed by atoms with Gasteiger partial charge in [0.25, 0.3) is 0 Å². The third-order valence-electron chi connectivity index (χ3n) is 2.50. The van der Waals surface area contributed by atoms with Gasteiger partial charge in [0.15, 0.2) is 5.82 Å². The highest BCUT2D eigenvalue weighted by Crippen LogP contribution is 2.24. The third kappa shape index (κ3) is 1.30. The molecule has 2 aromatic rings. The highest BCUT2D eigenvalue weighted by atomic mass is 19.1. The van der Waals surface area contributed by atoms with Gasteiger partial charge in [0.05, 0.1) is 5.52 Å². The Labute approximate surface area is 81.4 Å². The normalized spacial score (nSPS) is 13.4. The lowest BCUT2D eigenvalue weighted by molar-refractivity contribution is 0.270. The van der Waals surface area contributed by atoms with Crippen LogP contribution in [-0.2, 0) is 0 Å². The van der Waals surface area contributed by atoms with Gasteiger partial charge < -0.3 is 10.1 Å². The van der Waals surface area contributed by atoms with Crippen LogP contribution in [0.5, 0.6) is 0 Å². The van der Waals surface area contributed by atoms with Crippen LogP contribution in [-0.4, -0.2) is 16.7 Å². The molecular formula is C11H12FNO. The summed E-state index contributed by atoms with van der Waals surface area (Å²) in [4.78, 5) is 2.85. The number of aromatic nitrogens is 1. The largest absolute Gasteiger partial charge is 0.396 e. The number of fused-ring (bicyclic) bond motifs is 1. The molecule has 0 aliphatic heterocycles. The molecule has 0 aliphatic carbocycles. The number of halogens is 1. The maximum absolute atomic E-state index is 13.8. The summed E-state index contributed by atoms with van der Waals surface area (Å²) in [7, 11) is 0. The first-order chi connectivity index (χ1) is 6.74. The Morgan fingerprint density at radius 3 is 2.93 bits per heavy atom. The summed E-state index contributed by atoms with van der Waals surface area (Å²) in [5.41, 5.74) is 1.07. The van der Waals surface area contributed by atoms with Crippen molar-refractivity contribution >= 4 is 10.9 Å². The lowest BCUT2D eigenvalue weighted by Crippen LogP contribution is -2.02. The van der Waals surface area contributed by atoms with Crippen LogP contribution in [0.15, 0.2) is 24.4 Å². The molecule has 0 saturated carbocycles. The van der Waals surface area contributed by atoms with E-state index in [9.17, 15) is 4.39 Å². The quantitative estimate of drug-likeness (QED) is 0.754. The topological polar surface area (TPSA) is 36.0 Å². The number of aliphatic hydroxyl groups is 1. The van der Waals surface area contributed by atoms with Crippen molar-refractivity contribution in [2.45, 2.75) is 12.8 Å². The van der Waals surface area contributed by atoms with Gasteiger partial charge in [-0.2, -0.15) is 0 Å². The van der Waals surface area contributed by atoms with E-state index in [0.29, 0.717) is 11.1 Å². The van der Waals surface area contributed by atoms with Crippen LogP contribution in [0.25, 0.3) is 10.9 Å². The second-order valence-corrected chi connectivity index (χ2v) is 3.49. The fourth-order valence-corrected chi connectivity index (χ4v) is 1.59. The van der Waals surface area contributed by atoms with E-state index in [-0.39, 0.29) is 18.3 Å². The number of rotatable bonds is 2. The smallest absolute Gasteiger partial charge is 0.150 e. The van der Waals surface area contributed by atoms with Crippen molar-refractivity contribution in [2.24, 2.45) is 0 Å². The molecule has 1 aromatic heterocycles. The van der Waals surface area contributed by atoms with E-state index in [4.69, 9.17) is 5.11 Å². The summed E-state index contributed by atoms with van der Waals surface area (Å²) < 4.78 is 13.8. The third-order valence-corrected chi connectivity index (χ3v) is 2.50. The molecule has 0 bridgehead atoms. The predicted octanol–water partition coefficient (Wildman–Crippen LogP) is 2.40. The Hall–Kier alpha value is -1.35. The molecule has 0 radical (unpaired) electrons. The highest BCUT2D eigenvalue weighted by Gasteiger charge is 2.13. The lowest BCUT2D eigenvalue weighted by Gasteiger charge is -2.09. The first kappa shape index (κ1) is 9.21. The number of H-pyrrole nitrogens is 1. The molecule has 14 heavy (non-hydrogen) atoms. The standard InChI is InChI=1S/C11H12FNO/c1-7(6-14)9-3-2-8-4-5-13-11(8)10(9)12/h2-5,7,13-14H,6H2,1H3. The molecule has 0 fully saturated rings. The van der Waals surface area contributed by atoms with Gasteiger partial charge in [-0.1, -0.05) is 19.1 Å². The van der Waals surface area contributed by atoms with E-state index < -0.39 is 0 Å². The van der Waals surface area contributed by atoms with E-state index in [0.717, 1.165) is 5.39 Å². The summed E-state index contributed by atoms with van der Waals surface area (Å²) in [5.74, 6) is -0.420. The van der Waals surface area contributed by atoms with Gasteiger partial charge >= 0.3 is 0 Å². The Morgan fingerprint density at radius 1 is 1.43 bits per heavy atom. The summed E-state index contributed by atoms with van der Waals surface area (Å²) in [6.45, 7) is 1.76. The SMILES string of the molecule is CC(CO)c1ccc2cc[nH]c2c1F. The van der Waals surface area contributed by atoms with Crippen molar-refractivity contribution in [1.29, 1.82) is 0 Å². The van der Waals surface area contributed by atoms with Crippen molar-refractivity contribution in [3.05, 3.63) is 35.8 Å². The van der Waals surface area contributed by atoms with Crippen LogP contribution in [0.1, 0.15) is 18.4 Å². The number of aliphatic hydroxyl groups excluding tert-OH is 1. The highest BCUT2D eigenvalue weighted by molar-refractivity contribution is 5.80. The predicted molar refractivity (Wildman–Crippen MR) is 53.8 cm³/mol. The van der Waals surface area contributed by atoms with Gasteiger partial charge in [0.2, 0.25) is 0 Å². The minimum Gasteiger partial charge on any atom is -0.396 e. The molecule has 2 N–H and O–H groups in total. The van der Waals surface area contributed by atoms with Crippen molar-refractivity contribution in [2.75, 3.05) is 6.61 Å². The van der Waals surface area contributed by atoms with Gasteiger partial charge in [0, 0.05) is 24.1 Å². The fourth-order valence-electron chi connectivity index (χ4n) is 1.59. The Morgan fingerprint density at radius 2 is 2.21 bits per heavy atom. The zero-order valence-corrected chi connectivity index (χ0v) is 7.92. The molecule has 3 heteroatoms. The van der Waals surface area contributed by atoms with Crippen LogP contribution in [0.4, 0.5) is 4.39 Å². The summed E-state index contributed by atoms with van der Waals surface area (Å²) >= 11 is 0. The number of nitrogens with one attached hydrogen (secondary N) is 1. The molecule has 2 rings (SSSR count). The first-order valence-corrected chi connectivity index (χ1v) is 4.60. The number of aromatic amines is 1. The van der Waals surface area contributed by atoms with E-state index in [1.807, 2.05) is 12.1 Å². The van der Waals surface area contributed by atoms with Crippen molar-refractivity contribution in [3.63, 3.8) is 0 Å². The molecule has 1 atom stereocenters. The van der Waals surface area contributed by atoms with Crippen molar-refractivity contribution in [3.8, 4) is 0 Å². The van der Waals surface area contributed by atoms with Crippen LogP contribution in [0, 0.1) is 5.82 Å². The van der Waals surface area contributed by atoms with Crippen LogP contribution >= 0.6 is 0 Å². The zero-order valence-electron chi connectivity index (χ0n) is 7.92. The maximum Gasteiger partial charge on any atom is 0.150 e. The second-order valence-electron chi connectivity index (χ2n) is 3.49. The molecule has 1 unspecified atom stereocenters. The summed E-state index contributed by atoms with van der Waals surface area (Å²) in [5, 5.41) is 9.82. The number of benzene rings is 1. The van der Waals surface area contributed by atoms with E-state index in [2.05, 4.69) is 4.98 Å². The van der Waals surface area contributed by atoms with Gasteiger partial charge in [0.1, 0.15) is 0 Å². The van der Waals surface area contributed by atoms with Gasteiger partial charge in [-0.05, 0) is 11.6 Å². The first-order valence-electron chi connectivity index (χ1n) is 4.60. The van der Waals surface area contributed by atoms with Gasteiger partial charge in [-0.25, -0.2) is 4.39 Å². The van der Waals surface area contributed by atoms with Crippen molar-refractivity contribution in [1.82, 2.24) is 4.98 Å². The number of hydrogen-bond acceptors (Lipinski definition) is 1. The molecule has 0 amide bonds. The minimum absolute atomic E-state index is 0.0386. The second kappa shape index (κ2) is 3.42. The average Bonchev–Trinajstić information content (AvgIpc) is 2.66. The fraction of sp³-hybridized carbons (Fsp3) is 0.273. The molecular weight excluding hydrogens is 181 g/mol. The average molecular weight is 193 g/mol. The van der Waals surface area contributed by atoms with E-state index in [1.165, 1.54) is 0 Å². The van der Waals surface area contributed by atoms with Crippen molar-refractivity contribution < 1.29 is 9.50 Å². The monoisotopic (exact) mass is 193 g/mol. The van der Waals surface area contributed by atoms with Crippen LogP contribution < -0.4 is 0 Å². The zero-order chi connectivity index (χ0) is 10.1. The Kier molecular flexibility index (Phi) is 2.25. The Balaban J connectivity index is 2.61. The molecule has 1 aromatic carbocycles.